The molecule has 0 aliphatic carbocycles. The summed E-state index contributed by atoms with van der Waals surface area (Å²) in [5.74, 6) is -4.59. The number of hydrogen-bond acceptors (Lipinski definition) is 4. The van der Waals surface area contributed by atoms with Crippen LogP contribution in [-0.4, -0.2) is 38.2 Å². The third-order valence-corrected chi connectivity index (χ3v) is 2.61. The highest BCUT2D eigenvalue weighted by molar-refractivity contribution is 6.00. The number of halogens is 3. The molecular weight excluding hydrogens is 305 g/mol. The van der Waals surface area contributed by atoms with E-state index in [4.69, 9.17) is 5.11 Å². The number of amides is 1. The lowest BCUT2D eigenvalue weighted by molar-refractivity contribution is -0.167. The molecule has 0 fully saturated rings. The number of aromatic carboxylic acids is 1. The second kappa shape index (κ2) is 5.47. The largest absolute Gasteiger partial charge is 0.476 e. The number of aryl methyl sites for hydroxylation is 1. The molecule has 1 heterocycles. The summed E-state index contributed by atoms with van der Waals surface area (Å²) in [5, 5.41) is 17.2. The number of carbonyl (C=O) groups excluding carboxylic acids is 1. The van der Waals surface area contributed by atoms with Crippen molar-refractivity contribution in [2.75, 3.05) is 5.32 Å². The Morgan fingerprint density at radius 1 is 1.32 bits per heavy atom. The number of anilines is 1. The van der Waals surface area contributed by atoms with E-state index >= 15 is 0 Å². The quantitative estimate of drug-likeness (QED) is 0.900. The molecule has 0 bridgehead atoms. The second-order valence-corrected chi connectivity index (χ2v) is 4.29. The molecule has 0 atom stereocenters. The van der Waals surface area contributed by atoms with E-state index in [0.29, 0.717) is 0 Å². The Morgan fingerprint density at radius 2 is 2.00 bits per heavy atom. The third-order valence-electron chi connectivity index (χ3n) is 2.61. The molecule has 0 radical (unpaired) electrons. The molecule has 0 aliphatic heterocycles. The average Bonchev–Trinajstić information content (AvgIpc) is 2.81. The molecule has 0 spiro atoms. The highest BCUT2D eigenvalue weighted by Gasteiger charge is 2.40. The number of carboxylic acids is 1. The van der Waals surface area contributed by atoms with Crippen molar-refractivity contribution >= 4 is 17.7 Å². The maximum atomic E-state index is 12.4. The van der Waals surface area contributed by atoms with E-state index in [-0.39, 0.29) is 5.69 Å². The van der Waals surface area contributed by atoms with Crippen molar-refractivity contribution in [3.63, 3.8) is 0 Å². The van der Waals surface area contributed by atoms with Gasteiger partial charge in [-0.05, 0) is 24.6 Å². The van der Waals surface area contributed by atoms with Gasteiger partial charge in [-0.1, -0.05) is 17.3 Å². The van der Waals surface area contributed by atoms with Crippen LogP contribution in [0, 0.1) is 6.92 Å². The minimum Gasteiger partial charge on any atom is -0.476 e. The lowest BCUT2D eigenvalue weighted by atomic mass is 10.2. The van der Waals surface area contributed by atoms with Gasteiger partial charge in [0.15, 0.2) is 5.82 Å². The minimum atomic E-state index is -5.17. The van der Waals surface area contributed by atoms with Gasteiger partial charge in [0.1, 0.15) is 0 Å². The number of carboxylic acid groups (broad SMARTS) is 1. The summed E-state index contributed by atoms with van der Waals surface area (Å²) in [5.41, 5.74) is 0.231. The van der Waals surface area contributed by atoms with Gasteiger partial charge in [0.2, 0.25) is 5.69 Å². The maximum Gasteiger partial charge on any atom is 0.471 e. The zero-order valence-electron chi connectivity index (χ0n) is 11.0. The normalized spacial score (nSPS) is 11.3. The topological polar surface area (TPSA) is 97.1 Å². The van der Waals surface area contributed by atoms with Crippen LogP contribution in [0.1, 0.15) is 16.1 Å². The Labute approximate surface area is 121 Å². The lowest BCUT2D eigenvalue weighted by Gasteiger charge is -2.10. The Balaban J connectivity index is 2.52. The molecule has 1 aromatic carbocycles. The summed E-state index contributed by atoms with van der Waals surface area (Å²) in [6, 6.07) is 6.36. The van der Waals surface area contributed by atoms with E-state index < -0.39 is 29.6 Å². The van der Waals surface area contributed by atoms with Crippen LogP contribution in [0.5, 0.6) is 0 Å². The molecule has 7 nitrogen and oxygen atoms in total. The summed E-state index contributed by atoms with van der Waals surface area (Å²) in [4.78, 5) is 22.1. The zero-order chi connectivity index (χ0) is 16.5. The van der Waals surface area contributed by atoms with Crippen LogP contribution in [0.25, 0.3) is 5.69 Å². The van der Waals surface area contributed by atoms with Gasteiger partial charge in [-0.3, -0.25) is 4.79 Å². The number of nitrogens with zero attached hydrogens (tertiary/aromatic N) is 3. The average molecular weight is 314 g/mol. The van der Waals surface area contributed by atoms with Crippen LogP contribution in [-0.2, 0) is 4.79 Å². The van der Waals surface area contributed by atoms with Gasteiger partial charge in [0.25, 0.3) is 0 Å². The Morgan fingerprint density at radius 3 is 2.55 bits per heavy atom. The summed E-state index contributed by atoms with van der Waals surface area (Å²) in [6.07, 6.45) is -5.17. The zero-order valence-corrected chi connectivity index (χ0v) is 11.0. The smallest absolute Gasteiger partial charge is 0.471 e. The first-order valence-corrected chi connectivity index (χ1v) is 5.84. The minimum absolute atomic E-state index is 0.262. The van der Waals surface area contributed by atoms with Crippen LogP contribution in [0.15, 0.2) is 24.3 Å². The number of aromatic nitrogens is 3. The van der Waals surface area contributed by atoms with Crippen molar-refractivity contribution < 1.29 is 27.9 Å². The Bertz CT molecular complexity index is 739. The molecule has 116 valence electrons. The van der Waals surface area contributed by atoms with Gasteiger partial charge in [-0.25, -0.2) is 4.79 Å². The predicted octanol–water partition coefficient (Wildman–Crippen LogP) is 1.77. The van der Waals surface area contributed by atoms with Gasteiger partial charge < -0.3 is 10.4 Å². The fourth-order valence-corrected chi connectivity index (χ4v) is 1.66. The number of carbonyl (C=O) groups is 2. The third kappa shape index (κ3) is 3.05. The highest BCUT2D eigenvalue weighted by Crippen LogP contribution is 2.23. The molecule has 0 unspecified atom stereocenters. The predicted molar refractivity (Wildman–Crippen MR) is 67.7 cm³/mol. The van der Waals surface area contributed by atoms with Crippen molar-refractivity contribution in [3.8, 4) is 5.69 Å². The van der Waals surface area contributed by atoms with E-state index in [1.165, 1.54) is 11.4 Å². The number of benzene rings is 1. The molecule has 1 amide bonds. The molecule has 22 heavy (non-hydrogen) atoms. The highest BCUT2D eigenvalue weighted by atomic mass is 19.4. The monoisotopic (exact) mass is 314 g/mol. The first-order valence-electron chi connectivity index (χ1n) is 5.84. The molecule has 0 saturated heterocycles. The number of alkyl halides is 3. The molecule has 2 aromatic rings. The lowest BCUT2D eigenvalue weighted by Crippen LogP contribution is -2.31. The molecule has 10 heteroatoms. The van der Waals surface area contributed by atoms with Gasteiger partial charge in [0.05, 0.1) is 5.69 Å². The van der Waals surface area contributed by atoms with Crippen molar-refractivity contribution in [2.24, 2.45) is 0 Å². The van der Waals surface area contributed by atoms with Crippen molar-refractivity contribution in [1.82, 2.24) is 15.0 Å². The van der Waals surface area contributed by atoms with Crippen molar-refractivity contribution in [3.05, 3.63) is 35.5 Å². The van der Waals surface area contributed by atoms with Gasteiger partial charge >= 0.3 is 18.1 Å². The van der Waals surface area contributed by atoms with Crippen LogP contribution in [0.3, 0.4) is 0 Å². The fourth-order valence-electron chi connectivity index (χ4n) is 1.66. The van der Waals surface area contributed by atoms with Crippen molar-refractivity contribution in [2.45, 2.75) is 13.1 Å². The molecule has 0 aliphatic rings. The maximum absolute atomic E-state index is 12.4. The Kier molecular flexibility index (Phi) is 3.85. The standard InChI is InChI=1S/C12H9F3N4O3/c1-6-3-2-4-7(5-6)19-9(8(10(20)21)17-18-19)16-11(22)12(13,14)15/h2-5H,1H3,(H,16,22)(H,20,21). The van der Waals surface area contributed by atoms with Gasteiger partial charge in [0, 0.05) is 0 Å². The van der Waals surface area contributed by atoms with Crippen LogP contribution in [0.2, 0.25) is 0 Å². The van der Waals surface area contributed by atoms with Crippen LogP contribution >= 0.6 is 0 Å². The van der Waals surface area contributed by atoms with Crippen LogP contribution < -0.4 is 5.32 Å². The number of hydrogen-bond donors (Lipinski definition) is 2. The summed E-state index contributed by atoms with van der Waals surface area (Å²) in [6.45, 7) is 1.73. The molecule has 2 N–H and O–H groups in total. The first kappa shape index (κ1) is 15.5. The molecule has 1 aromatic heterocycles. The van der Waals surface area contributed by atoms with E-state index in [0.717, 1.165) is 10.2 Å². The first-order chi connectivity index (χ1) is 10.2. The fraction of sp³-hybridized carbons (Fsp3) is 0.167. The summed E-state index contributed by atoms with van der Waals surface area (Å²) in [7, 11) is 0. The van der Waals surface area contributed by atoms with E-state index in [9.17, 15) is 22.8 Å². The number of rotatable bonds is 3. The second-order valence-electron chi connectivity index (χ2n) is 4.29. The van der Waals surface area contributed by atoms with E-state index in [2.05, 4.69) is 10.3 Å². The molecular formula is C12H9F3N4O3. The number of nitrogens with one attached hydrogen (secondary N) is 1. The summed E-state index contributed by atoms with van der Waals surface area (Å²) < 4.78 is 37.9. The summed E-state index contributed by atoms with van der Waals surface area (Å²) >= 11 is 0. The van der Waals surface area contributed by atoms with Gasteiger partial charge in [-0.15, -0.1) is 5.10 Å². The molecule has 0 saturated carbocycles. The van der Waals surface area contributed by atoms with Crippen molar-refractivity contribution in [1.29, 1.82) is 0 Å². The molecule has 2 rings (SSSR count). The SMILES string of the molecule is Cc1cccc(-n2nnc(C(=O)O)c2NC(=O)C(F)(F)F)c1. The van der Waals surface area contributed by atoms with Crippen LogP contribution in [0.4, 0.5) is 19.0 Å². The van der Waals surface area contributed by atoms with E-state index in [1.807, 2.05) is 0 Å². The van der Waals surface area contributed by atoms with Gasteiger partial charge in [-0.2, -0.15) is 17.9 Å². The Hall–Kier alpha value is -2.91. The van der Waals surface area contributed by atoms with E-state index in [1.54, 1.807) is 25.1 Å².